The molecule has 0 amide bonds. The van der Waals surface area contributed by atoms with Gasteiger partial charge in [-0.15, -0.1) is 0 Å². The standard InChI is InChI=1S/C16H14Br2Cl2O/c1-2-8-21-14-7-6-10(9-12(14)17)15(18)11-4-3-5-13(19)16(11)20/h3-7,9,15H,2,8H2,1H3. The number of hydrogen-bond donors (Lipinski definition) is 0. The van der Waals surface area contributed by atoms with E-state index in [1.165, 1.54) is 0 Å². The van der Waals surface area contributed by atoms with E-state index in [1.807, 2.05) is 30.3 Å². The van der Waals surface area contributed by atoms with Gasteiger partial charge in [0.15, 0.2) is 0 Å². The van der Waals surface area contributed by atoms with E-state index in [2.05, 4.69) is 38.8 Å². The average Bonchev–Trinajstić information content (AvgIpc) is 2.48. The normalized spacial score (nSPS) is 12.2. The molecule has 0 aliphatic rings. The van der Waals surface area contributed by atoms with E-state index in [9.17, 15) is 0 Å². The molecule has 0 heterocycles. The van der Waals surface area contributed by atoms with Crippen LogP contribution in [-0.4, -0.2) is 6.61 Å². The Morgan fingerprint density at radius 1 is 1.19 bits per heavy atom. The highest BCUT2D eigenvalue weighted by Crippen LogP contribution is 2.40. The number of benzene rings is 2. The number of ether oxygens (including phenoxy) is 1. The third-order valence-electron chi connectivity index (χ3n) is 2.96. The minimum atomic E-state index is -0.0276. The summed E-state index contributed by atoms with van der Waals surface area (Å²) >= 11 is 19.6. The SMILES string of the molecule is CCCOc1ccc(C(Br)c2cccc(Cl)c2Cl)cc1Br. The van der Waals surface area contributed by atoms with Crippen LogP contribution in [0.5, 0.6) is 5.75 Å². The molecule has 0 aliphatic heterocycles. The molecule has 0 saturated heterocycles. The van der Waals surface area contributed by atoms with Gasteiger partial charge in [-0.05, 0) is 51.7 Å². The van der Waals surface area contributed by atoms with Crippen LogP contribution in [0.15, 0.2) is 40.9 Å². The Morgan fingerprint density at radius 2 is 1.95 bits per heavy atom. The summed E-state index contributed by atoms with van der Waals surface area (Å²) in [5.74, 6) is 0.845. The van der Waals surface area contributed by atoms with Gasteiger partial charge in [0.1, 0.15) is 5.75 Å². The van der Waals surface area contributed by atoms with Crippen LogP contribution < -0.4 is 4.74 Å². The second kappa shape index (κ2) is 7.87. The maximum absolute atomic E-state index is 6.28. The lowest BCUT2D eigenvalue weighted by Crippen LogP contribution is -1.98. The van der Waals surface area contributed by atoms with Crippen molar-refractivity contribution in [1.82, 2.24) is 0 Å². The molecule has 0 bridgehead atoms. The molecule has 1 atom stereocenters. The molecule has 5 heteroatoms. The van der Waals surface area contributed by atoms with Crippen molar-refractivity contribution in [3.63, 3.8) is 0 Å². The lowest BCUT2D eigenvalue weighted by Gasteiger charge is -2.15. The van der Waals surface area contributed by atoms with Crippen LogP contribution in [0.3, 0.4) is 0 Å². The van der Waals surface area contributed by atoms with Crippen LogP contribution in [0.4, 0.5) is 0 Å². The van der Waals surface area contributed by atoms with E-state index in [-0.39, 0.29) is 4.83 Å². The Kier molecular flexibility index (Phi) is 6.42. The van der Waals surface area contributed by atoms with Gasteiger partial charge in [-0.1, -0.05) is 64.3 Å². The number of rotatable bonds is 5. The highest BCUT2D eigenvalue weighted by molar-refractivity contribution is 9.10. The van der Waals surface area contributed by atoms with Crippen LogP contribution in [0, 0.1) is 0 Å². The summed E-state index contributed by atoms with van der Waals surface area (Å²) in [6.45, 7) is 2.79. The van der Waals surface area contributed by atoms with Gasteiger partial charge in [-0.2, -0.15) is 0 Å². The Bertz CT molecular complexity index is 632. The van der Waals surface area contributed by atoms with Gasteiger partial charge in [0, 0.05) is 0 Å². The summed E-state index contributed by atoms with van der Waals surface area (Å²) in [4.78, 5) is -0.0276. The van der Waals surface area contributed by atoms with E-state index in [0.29, 0.717) is 16.7 Å². The van der Waals surface area contributed by atoms with Crippen LogP contribution in [0.1, 0.15) is 29.3 Å². The molecule has 0 radical (unpaired) electrons. The molecule has 1 nitrogen and oxygen atoms in total. The lowest BCUT2D eigenvalue weighted by atomic mass is 10.0. The van der Waals surface area contributed by atoms with Gasteiger partial charge in [-0.3, -0.25) is 0 Å². The second-order valence-corrected chi connectivity index (χ2v) is 7.10. The summed E-state index contributed by atoms with van der Waals surface area (Å²) in [6.07, 6.45) is 0.980. The summed E-state index contributed by atoms with van der Waals surface area (Å²) in [6, 6.07) is 11.6. The third kappa shape index (κ3) is 4.16. The molecule has 0 N–H and O–H groups in total. The van der Waals surface area contributed by atoms with Gasteiger partial charge in [0.25, 0.3) is 0 Å². The van der Waals surface area contributed by atoms with Gasteiger partial charge in [-0.25, -0.2) is 0 Å². The lowest BCUT2D eigenvalue weighted by molar-refractivity contribution is 0.315. The van der Waals surface area contributed by atoms with Gasteiger partial charge in [0.05, 0.1) is 26.0 Å². The molecule has 2 aromatic carbocycles. The average molecular weight is 453 g/mol. The monoisotopic (exact) mass is 450 g/mol. The number of alkyl halides is 1. The fourth-order valence-corrected chi connectivity index (χ4v) is 3.63. The van der Waals surface area contributed by atoms with E-state index < -0.39 is 0 Å². The first-order valence-corrected chi connectivity index (χ1v) is 9.01. The summed E-state index contributed by atoms with van der Waals surface area (Å²) < 4.78 is 6.59. The summed E-state index contributed by atoms with van der Waals surface area (Å²) in [5, 5.41) is 1.13. The maximum atomic E-state index is 6.28. The van der Waals surface area contributed by atoms with Crippen molar-refractivity contribution in [2.45, 2.75) is 18.2 Å². The third-order valence-corrected chi connectivity index (χ3v) is 5.44. The summed E-state index contributed by atoms with van der Waals surface area (Å²) in [5.41, 5.74) is 2.02. The molecule has 0 aliphatic carbocycles. The van der Waals surface area contributed by atoms with Crippen molar-refractivity contribution in [2.75, 3.05) is 6.61 Å². The Balaban J connectivity index is 2.29. The van der Waals surface area contributed by atoms with E-state index in [0.717, 1.165) is 27.8 Å². The van der Waals surface area contributed by atoms with Crippen molar-refractivity contribution in [2.24, 2.45) is 0 Å². The quantitative estimate of drug-likeness (QED) is 0.442. The molecular weight excluding hydrogens is 439 g/mol. The molecule has 112 valence electrons. The number of hydrogen-bond acceptors (Lipinski definition) is 1. The predicted molar refractivity (Wildman–Crippen MR) is 97.2 cm³/mol. The van der Waals surface area contributed by atoms with Gasteiger partial charge >= 0.3 is 0 Å². The van der Waals surface area contributed by atoms with Crippen molar-refractivity contribution in [3.8, 4) is 5.75 Å². The Labute approximate surface area is 151 Å². The van der Waals surface area contributed by atoms with Crippen LogP contribution in [-0.2, 0) is 0 Å². The van der Waals surface area contributed by atoms with Crippen LogP contribution >= 0.6 is 55.1 Å². The topological polar surface area (TPSA) is 9.23 Å². The minimum Gasteiger partial charge on any atom is -0.492 e. The molecule has 1 unspecified atom stereocenters. The van der Waals surface area contributed by atoms with Crippen LogP contribution in [0.25, 0.3) is 0 Å². The number of halogens is 4. The maximum Gasteiger partial charge on any atom is 0.133 e. The van der Waals surface area contributed by atoms with Crippen molar-refractivity contribution < 1.29 is 4.74 Å². The molecule has 0 fully saturated rings. The zero-order valence-electron chi connectivity index (χ0n) is 11.4. The van der Waals surface area contributed by atoms with E-state index in [4.69, 9.17) is 27.9 Å². The Hall–Kier alpha value is -0.220. The molecule has 0 spiro atoms. The first kappa shape index (κ1) is 17.1. The van der Waals surface area contributed by atoms with Crippen molar-refractivity contribution >= 4 is 55.1 Å². The fourth-order valence-electron chi connectivity index (χ4n) is 1.90. The van der Waals surface area contributed by atoms with Crippen LogP contribution in [0.2, 0.25) is 10.0 Å². The van der Waals surface area contributed by atoms with Crippen molar-refractivity contribution in [1.29, 1.82) is 0 Å². The van der Waals surface area contributed by atoms with Gasteiger partial charge in [0.2, 0.25) is 0 Å². The van der Waals surface area contributed by atoms with Gasteiger partial charge < -0.3 is 4.74 Å². The predicted octanol–water partition coefficient (Wildman–Crippen LogP) is 7.03. The fraction of sp³-hybridized carbons (Fsp3) is 0.250. The highest BCUT2D eigenvalue weighted by atomic mass is 79.9. The Morgan fingerprint density at radius 3 is 2.62 bits per heavy atom. The smallest absolute Gasteiger partial charge is 0.133 e. The molecule has 0 aromatic heterocycles. The molecule has 2 aromatic rings. The van der Waals surface area contributed by atoms with Crippen molar-refractivity contribution in [3.05, 3.63) is 62.0 Å². The largest absolute Gasteiger partial charge is 0.492 e. The first-order valence-electron chi connectivity index (χ1n) is 6.54. The summed E-state index contributed by atoms with van der Waals surface area (Å²) in [7, 11) is 0. The molecule has 2 rings (SSSR count). The highest BCUT2D eigenvalue weighted by Gasteiger charge is 2.16. The second-order valence-electron chi connectivity index (χ2n) is 4.54. The zero-order chi connectivity index (χ0) is 15.4. The zero-order valence-corrected chi connectivity index (χ0v) is 16.1. The molecule has 0 saturated carbocycles. The molecule has 21 heavy (non-hydrogen) atoms. The minimum absolute atomic E-state index is 0.0276. The van der Waals surface area contributed by atoms with E-state index in [1.54, 1.807) is 6.07 Å². The van der Waals surface area contributed by atoms with E-state index >= 15 is 0 Å². The first-order chi connectivity index (χ1) is 10.0. The molecular formula is C16H14Br2Cl2O.